The van der Waals surface area contributed by atoms with Crippen LogP contribution in [0.15, 0.2) is 0 Å². The van der Waals surface area contributed by atoms with E-state index in [2.05, 4.69) is 35.6 Å². The van der Waals surface area contributed by atoms with Crippen LogP contribution in [0.3, 0.4) is 0 Å². The molecule has 4 nitrogen and oxygen atoms in total. The minimum Gasteiger partial charge on any atom is -0.330 e. The minimum absolute atomic E-state index is 0.945. The lowest BCUT2D eigenvalue weighted by molar-refractivity contribution is 0.287. The van der Waals surface area contributed by atoms with E-state index in [1.807, 2.05) is 0 Å². The number of aryl methyl sites for hydroxylation is 1. The number of rotatable bonds is 6. The smallest absolute Gasteiger partial charge is 0.109 e. The molecule has 0 fully saturated rings. The Morgan fingerprint density at radius 2 is 2.06 bits per heavy atom. The molecule has 0 bridgehead atoms. The van der Waals surface area contributed by atoms with Crippen molar-refractivity contribution in [3.8, 4) is 0 Å². The van der Waals surface area contributed by atoms with Crippen molar-refractivity contribution in [2.24, 2.45) is 0 Å². The average Bonchev–Trinajstić information content (AvgIpc) is 2.78. The molecule has 0 aromatic carbocycles. The molecule has 18 heavy (non-hydrogen) atoms. The molecule has 0 radical (unpaired) electrons. The Morgan fingerprint density at radius 3 is 2.72 bits per heavy atom. The molecule has 0 aliphatic carbocycles. The van der Waals surface area contributed by atoms with Gasteiger partial charge in [-0.2, -0.15) is 0 Å². The Morgan fingerprint density at radius 1 is 1.28 bits per heavy atom. The van der Waals surface area contributed by atoms with Gasteiger partial charge in [0.2, 0.25) is 0 Å². The summed E-state index contributed by atoms with van der Waals surface area (Å²) >= 11 is 0. The lowest BCUT2D eigenvalue weighted by atomic mass is 10.2. The molecule has 1 aliphatic rings. The maximum Gasteiger partial charge on any atom is 0.109 e. The standard InChI is InChI=1S/C14H26N4/c1-4-14-16-12-11-15-8-7-13(12)18(14)10-9-17(5-2)6-3/h15H,4-11H2,1-3H3. The van der Waals surface area contributed by atoms with Gasteiger partial charge < -0.3 is 14.8 Å². The van der Waals surface area contributed by atoms with E-state index in [4.69, 9.17) is 4.98 Å². The van der Waals surface area contributed by atoms with Crippen LogP contribution in [0.4, 0.5) is 0 Å². The van der Waals surface area contributed by atoms with Crippen molar-refractivity contribution in [2.45, 2.75) is 46.7 Å². The predicted octanol–water partition coefficient (Wildman–Crippen LogP) is 1.43. The number of aromatic nitrogens is 2. The van der Waals surface area contributed by atoms with Gasteiger partial charge in [-0.3, -0.25) is 0 Å². The van der Waals surface area contributed by atoms with Gasteiger partial charge in [0.15, 0.2) is 0 Å². The van der Waals surface area contributed by atoms with Crippen molar-refractivity contribution in [3.05, 3.63) is 17.2 Å². The van der Waals surface area contributed by atoms with Gasteiger partial charge in [0, 0.05) is 44.7 Å². The van der Waals surface area contributed by atoms with E-state index in [-0.39, 0.29) is 0 Å². The first-order valence-corrected chi connectivity index (χ1v) is 7.30. The van der Waals surface area contributed by atoms with Crippen molar-refractivity contribution in [1.29, 1.82) is 0 Å². The molecular formula is C14H26N4. The first-order chi connectivity index (χ1) is 8.80. The highest BCUT2D eigenvalue weighted by Crippen LogP contribution is 2.16. The normalized spacial score (nSPS) is 15.1. The van der Waals surface area contributed by atoms with Gasteiger partial charge in [-0.1, -0.05) is 20.8 Å². The van der Waals surface area contributed by atoms with Crippen LogP contribution < -0.4 is 5.32 Å². The van der Waals surface area contributed by atoms with Crippen molar-refractivity contribution in [3.63, 3.8) is 0 Å². The second-order valence-electron chi connectivity index (χ2n) is 4.88. The fourth-order valence-electron chi connectivity index (χ4n) is 2.74. The molecule has 0 amide bonds. The Balaban J connectivity index is 2.12. The number of likely N-dealkylation sites (N-methyl/N-ethyl adjacent to an activating group) is 1. The Labute approximate surface area is 110 Å². The molecule has 0 spiro atoms. The highest BCUT2D eigenvalue weighted by molar-refractivity contribution is 5.20. The van der Waals surface area contributed by atoms with Gasteiger partial charge in [0.1, 0.15) is 5.82 Å². The van der Waals surface area contributed by atoms with Crippen LogP contribution in [-0.2, 0) is 25.9 Å². The van der Waals surface area contributed by atoms with E-state index < -0.39 is 0 Å². The zero-order valence-electron chi connectivity index (χ0n) is 12.0. The van der Waals surface area contributed by atoms with E-state index in [1.54, 1.807) is 0 Å². The first-order valence-electron chi connectivity index (χ1n) is 7.30. The average molecular weight is 250 g/mol. The summed E-state index contributed by atoms with van der Waals surface area (Å²) in [4.78, 5) is 7.26. The lowest BCUT2D eigenvalue weighted by Crippen LogP contribution is -2.29. The Kier molecular flexibility index (Phi) is 4.78. The number of fused-ring (bicyclic) bond motifs is 1. The van der Waals surface area contributed by atoms with E-state index >= 15 is 0 Å². The quantitative estimate of drug-likeness (QED) is 0.829. The van der Waals surface area contributed by atoms with Crippen molar-refractivity contribution in [2.75, 3.05) is 26.2 Å². The molecular weight excluding hydrogens is 224 g/mol. The number of hydrogen-bond donors (Lipinski definition) is 1. The van der Waals surface area contributed by atoms with Crippen LogP contribution in [0.1, 0.15) is 38.0 Å². The fraction of sp³-hybridized carbons (Fsp3) is 0.786. The fourth-order valence-corrected chi connectivity index (χ4v) is 2.74. The number of hydrogen-bond acceptors (Lipinski definition) is 3. The molecule has 0 saturated carbocycles. The topological polar surface area (TPSA) is 33.1 Å². The van der Waals surface area contributed by atoms with Crippen LogP contribution in [-0.4, -0.2) is 40.6 Å². The predicted molar refractivity (Wildman–Crippen MR) is 74.8 cm³/mol. The maximum atomic E-state index is 4.78. The molecule has 1 aliphatic heterocycles. The van der Waals surface area contributed by atoms with Gasteiger partial charge in [-0.25, -0.2) is 4.98 Å². The maximum absolute atomic E-state index is 4.78. The molecule has 0 unspecified atom stereocenters. The van der Waals surface area contributed by atoms with Crippen LogP contribution in [0, 0.1) is 0 Å². The Hall–Kier alpha value is -0.870. The highest BCUT2D eigenvalue weighted by atomic mass is 15.2. The molecule has 2 heterocycles. The zero-order valence-corrected chi connectivity index (χ0v) is 12.0. The SMILES string of the molecule is CCc1nc2c(n1CCN(CC)CC)CCNC2. The summed E-state index contributed by atoms with van der Waals surface area (Å²) in [6.45, 7) is 13.2. The molecule has 1 N–H and O–H groups in total. The second kappa shape index (κ2) is 6.34. The molecule has 1 aromatic heterocycles. The second-order valence-corrected chi connectivity index (χ2v) is 4.88. The summed E-state index contributed by atoms with van der Waals surface area (Å²) in [7, 11) is 0. The number of nitrogens with zero attached hydrogens (tertiary/aromatic N) is 3. The number of nitrogens with one attached hydrogen (secondary N) is 1. The van der Waals surface area contributed by atoms with Gasteiger partial charge in [0.25, 0.3) is 0 Å². The highest BCUT2D eigenvalue weighted by Gasteiger charge is 2.18. The molecule has 1 aromatic rings. The van der Waals surface area contributed by atoms with Crippen molar-refractivity contribution < 1.29 is 0 Å². The molecule has 2 rings (SSSR count). The van der Waals surface area contributed by atoms with E-state index in [9.17, 15) is 0 Å². The van der Waals surface area contributed by atoms with Gasteiger partial charge in [-0.15, -0.1) is 0 Å². The largest absolute Gasteiger partial charge is 0.330 e. The number of imidazole rings is 1. The third kappa shape index (κ3) is 2.75. The van der Waals surface area contributed by atoms with E-state index in [1.165, 1.54) is 17.2 Å². The summed E-state index contributed by atoms with van der Waals surface area (Å²) < 4.78 is 2.47. The summed E-state index contributed by atoms with van der Waals surface area (Å²) in [6.07, 6.45) is 2.16. The molecule has 0 atom stereocenters. The van der Waals surface area contributed by atoms with Crippen LogP contribution in [0.2, 0.25) is 0 Å². The Bertz CT molecular complexity index is 379. The van der Waals surface area contributed by atoms with E-state index in [0.29, 0.717) is 0 Å². The summed E-state index contributed by atoms with van der Waals surface area (Å²) in [5, 5.41) is 3.41. The third-order valence-corrected chi connectivity index (χ3v) is 3.92. The van der Waals surface area contributed by atoms with Crippen molar-refractivity contribution >= 4 is 0 Å². The summed E-state index contributed by atoms with van der Waals surface area (Å²) in [5.41, 5.74) is 2.75. The zero-order chi connectivity index (χ0) is 13.0. The van der Waals surface area contributed by atoms with Crippen LogP contribution in [0.5, 0.6) is 0 Å². The van der Waals surface area contributed by atoms with E-state index in [0.717, 1.165) is 52.1 Å². The van der Waals surface area contributed by atoms with Gasteiger partial charge in [0.05, 0.1) is 5.69 Å². The van der Waals surface area contributed by atoms with Gasteiger partial charge in [-0.05, 0) is 13.1 Å². The molecule has 0 saturated heterocycles. The van der Waals surface area contributed by atoms with Crippen molar-refractivity contribution in [1.82, 2.24) is 19.8 Å². The van der Waals surface area contributed by atoms with Gasteiger partial charge >= 0.3 is 0 Å². The monoisotopic (exact) mass is 250 g/mol. The lowest BCUT2D eigenvalue weighted by Gasteiger charge is -2.21. The third-order valence-electron chi connectivity index (χ3n) is 3.92. The van der Waals surface area contributed by atoms with Crippen LogP contribution >= 0.6 is 0 Å². The first kappa shape index (κ1) is 13.6. The summed E-state index contributed by atoms with van der Waals surface area (Å²) in [5.74, 6) is 1.26. The molecule has 102 valence electrons. The molecule has 4 heteroatoms. The van der Waals surface area contributed by atoms with Crippen LogP contribution in [0.25, 0.3) is 0 Å². The summed E-state index contributed by atoms with van der Waals surface area (Å²) in [6, 6.07) is 0. The minimum atomic E-state index is 0.945.